The van der Waals surface area contributed by atoms with Crippen molar-refractivity contribution in [3.05, 3.63) is 84.4 Å². The van der Waals surface area contributed by atoms with E-state index in [1.165, 1.54) is 12.8 Å². The predicted molar refractivity (Wildman–Crippen MR) is 132 cm³/mol. The van der Waals surface area contributed by atoms with E-state index >= 15 is 0 Å². The second kappa shape index (κ2) is 10.3. The van der Waals surface area contributed by atoms with Crippen molar-refractivity contribution >= 4 is 11.7 Å². The third-order valence-electron chi connectivity index (χ3n) is 7.15. The molecule has 2 atom stereocenters. The lowest BCUT2D eigenvalue weighted by atomic mass is 9.96. The summed E-state index contributed by atoms with van der Waals surface area (Å²) in [4.78, 5) is 17.3. The number of ether oxygens (including phenoxy) is 1. The van der Waals surface area contributed by atoms with Crippen molar-refractivity contribution in [3.63, 3.8) is 0 Å². The SMILES string of the molecule is O=C(Cc1ccccc1)NC1CC2CCC(C1)N2CCCN1C=COC(c2cccc(O)c2)=C1. The molecule has 2 fully saturated rings. The fourth-order valence-electron chi connectivity index (χ4n) is 5.60. The van der Waals surface area contributed by atoms with E-state index in [0.717, 1.165) is 49.2 Å². The lowest BCUT2D eigenvalue weighted by Crippen LogP contribution is -2.51. The maximum atomic E-state index is 12.5. The minimum absolute atomic E-state index is 0.137. The number of phenols is 1. The van der Waals surface area contributed by atoms with Gasteiger partial charge in [0.15, 0.2) is 0 Å². The number of amides is 1. The summed E-state index contributed by atoms with van der Waals surface area (Å²) in [7, 11) is 0. The number of fused-ring (bicyclic) bond motifs is 2. The second-order valence-corrected chi connectivity index (χ2v) is 9.56. The van der Waals surface area contributed by atoms with Gasteiger partial charge in [-0.3, -0.25) is 9.69 Å². The molecule has 3 heterocycles. The van der Waals surface area contributed by atoms with Gasteiger partial charge in [-0.2, -0.15) is 0 Å². The minimum Gasteiger partial charge on any atom is -0.508 e. The van der Waals surface area contributed by atoms with Gasteiger partial charge in [0, 0.05) is 49.2 Å². The van der Waals surface area contributed by atoms with Gasteiger partial charge in [-0.15, -0.1) is 0 Å². The van der Waals surface area contributed by atoms with E-state index in [4.69, 9.17) is 4.74 Å². The number of benzene rings is 2. The van der Waals surface area contributed by atoms with Crippen molar-refractivity contribution in [2.45, 2.75) is 56.7 Å². The van der Waals surface area contributed by atoms with Crippen LogP contribution in [-0.4, -0.2) is 52.0 Å². The van der Waals surface area contributed by atoms with Gasteiger partial charge in [-0.25, -0.2) is 0 Å². The maximum Gasteiger partial charge on any atom is 0.224 e. The van der Waals surface area contributed by atoms with Crippen LogP contribution in [0.25, 0.3) is 5.76 Å². The van der Waals surface area contributed by atoms with E-state index in [0.29, 0.717) is 24.5 Å². The zero-order chi connectivity index (χ0) is 23.3. The zero-order valence-corrected chi connectivity index (χ0v) is 19.5. The molecular weight excluding hydrogens is 426 g/mol. The normalized spacial score (nSPS) is 23.9. The molecule has 3 aliphatic heterocycles. The van der Waals surface area contributed by atoms with Crippen LogP contribution in [0.4, 0.5) is 0 Å². The Bertz CT molecular complexity index is 1040. The third-order valence-corrected chi connectivity index (χ3v) is 7.15. The number of rotatable bonds is 8. The van der Waals surface area contributed by atoms with Crippen molar-refractivity contribution in [1.82, 2.24) is 15.1 Å². The van der Waals surface area contributed by atoms with Gasteiger partial charge >= 0.3 is 0 Å². The van der Waals surface area contributed by atoms with Crippen LogP contribution >= 0.6 is 0 Å². The number of nitrogens with zero attached hydrogens (tertiary/aromatic N) is 2. The highest BCUT2D eigenvalue weighted by atomic mass is 16.5. The monoisotopic (exact) mass is 459 g/mol. The highest BCUT2D eigenvalue weighted by Gasteiger charge is 2.40. The Labute approximate surface area is 201 Å². The highest BCUT2D eigenvalue weighted by Crippen LogP contribution is 2.36. The van der Waals surface area contributed by atoms with Crippen LogP contribution in [0.15, 0.2) is 73.3 Å². The molecule has 0 radical (unpaired) electrons. The number of phenolic OH excluding ortho intramolecular Hbond substituents is 1. The van der Waals surface area contributed by atoms with Crippen LogP contribution in [0.1, 0.15) is 43.2 Å². The quantitative estimate of drug-likeness (QED) is 0.618. The number of nitrogens with one attached hydrogen (secondary N) is 1. The molecule has 0 aromatic heterocycles. The van der Waals surface area contributed by atoms with Crippen molar-refractivity contribution < 1.29 is 14.6 Å². The molecule has 6 heteroatoms. The average molecular weight is 460 g/mol. The van der Waals surface area contributed by atoms with E-state index in [1.807, 2.05) is 54.9 Å². The number of carbonyl (C=O) groups is 1. The Morgan fingerprint density at radius 2 is 1.82 bits per heavy atom. The van der Waals surface area contributed by atoms with E-state index in [1.54, 1.807) is 18.4 Å². The highest BCUT2D eigenvalue weighted by molar-refractivity contribution is 5.78. The molecule has 2 aromatic rings. The summed E-state index contributed by atoms with van der Waals surface area (Å²) in [5.74, 6) is 1.11. The minimum atomic E-state index is 0.137. The first kappa shape index (κ1) is 22.5. The molecule has 6 nitrogen and oxygen atoms in total. The molecule has 2 bridgehead atoms. The van der Waals surface area contributed by atoms with E-state index in [9.17, 15) is 9.90 Å². The Morgan fingerprint density at radius 1 is 1.03 bits per heavy atom. The molecule has 34 heavy (non-hydrogen) atoms. The third kappa shape index (κ3) is 5.45. The fraction of sp³-hybridized carbons (Fsp3) is 0.393. The first-order valence-corrected chi connectivity index (χ1v) is 12.3. The standard InChI is InChI=1S/C28H33N3O3/c32-26-9-4-8-22(17-26)27-20-30(14-15-34-27)12-5-13-31-24-10-11-25(31)19-23(18-24)29-28(33)16-21-6-2-1-3-7-21/h1-4,6-9,14-15,17,20,23-25,32H,5,10-13,16,18-19H2,(H,29,33). The van der Waals surface area contributed by atoms with Crippen LogP contribution in [0.5, 0.6) is 5.75 Å². The molecule has 5 rings (SSSR count). The van der Waals surface area contributed by atoms with Gasteiger partial charge in [0.2, 0.25) is 5.91 Å². The molecule has 178 valence electrons. The Hall–Kier alpha value is -3.25. The lowest BCUT2D eigenvalue weighted by Gasteiger charge is -2.39. The fourth-order valence-corrected chi connectivity index (χ4v) is 5.60. The van der Waals surface area contributed by atoms with E-state index in [2.05, 4.69) is 15.1 Å². The smallest absolute Gasteiger partial charge is 0.224 e. The summed E-state index contributed by atoms with van der Waals surface area (Å²) >= 11 is 0. The zero-order valence-electron chi connectivity index (χ0n) is 19.5. The van der Waals surface area contributed by atoms with Crippen LogP contribution in [0.3, 0.4) is 0 Å². The molecule has 2 N–H and O–H groups in total. The number of carbonyl (C=O) groups excluding carboxylic acids is 1. The van der Waals surface area contributed by atoms with Crippen molar-refractivity contribution in [2.24, 2.45) is 0 Å². The first-order chi connectivity index (χ1) is 16.6. The first-order valence-electron chi connectivity index (χ1n) is 12.3. The molecule has 1 amide bonds. The molecule has 0 aliphatic carbocycles. The van der Waals surface area contributed by atoms with E-state index < -0.39 is 0 Å². The lowest BCUT2D eigenvalue weighted by molar-refractivity contribution is -0.121. The summed E-state index contributed by atoms with van der Waals surface area (Å²) in [6, 6.07) is 18.5. The van der Waals surface area contributed by atoms with Crippen molar-refractivity contribution in [2.75, 3.05) is 13.1 Å². The second-order valence-electron chi connectivity index (χ2n) is 9.56. The van der Waals surface area contributed by atoms with Crippen LogP contribution < -0.4 is 5.32 Å². The molecule has 2 saturated heterocycles. The topological polar surface area (TPSA) is 65.0 Å². The predicted octanol–water partition coefficient (Wildman–Crippen LogP) is 4.24. The van der Waals surface area contributed by atoms with Crippen LogP contribution in [-0.2, 0) is 16.0 Å². The van der Waals surface area contributed by atoms with Gasteiger partial charge in [-0.05, 0) is 49.8 Å². The molecule has 2 unspecified atom stereocenters. The number of hydrogen-bond donors (Lipinski definition) is 2. The molecule has 0 saturated carbocycles. The van der Waals surface area contributed by atoms with Gasteiger partial charge in [0.05, 0.1) is 6.42 Å². The maximum absolute atomic E-state index is 12.5. The molecule has 2 aromatic carbocycles. The molecule has 3 aliphatic rings. The van der Waals surface area contributed by atoms with Gasteiger partial charge in [0.25, 0.3) is 0 Å². The van der Waals surface area contributed by atoms with E-state index in [-0.39, 0.29) is 11.7 Å². The molecule has 0 spiro atoms. The summed E-state index contributed by atoms with van der Waals surface area (Å²) in [6.45, 7) is 1.98. The summed E-state index contributed by atoms with van der Waals surface area (Å²) in [6.07, 6.45) is 11.7. The largest absolute Gasteiger partial charge is 0.508 e. The van der Waals surface area contributed by atoms with Gasteiger partial charge < -0.3 is 20.1 Å². The van der Waals surface area contributed by atoms with Gasteiger partial charge in [-0.1, -0.05) is 42.5 Å². The van der Waals surface area contributed by atoms with Gasteiger partial charge in [0.1, 0.15) is 17.8 Å². The van der Waals surface area contributed by atoms with Crippen LogP contribution in [0.2, 0.25) is 0 Å². The Morgan fingerprint density at radius 3 is 2.59 bits per heavy atom. The Balaban J connectivity index is 1.09. The van der Waals surface area contributed by atoms with Crippen molar-refractivity contribution in [3.8, 4) is 5.75 Å². The van der Waals surface area contributed by atoms with Crippen LogP contribution in [0, 0.1) is 0 Å². The number of hydrogen-bond acceptors (Lipinski definition) is 5. The summed E-state index contributed by atoms with van der Waals surface area (Å²) in [5, 5.41) is 13.0. The number of piperidine rings is 1. The van der Waals surface area contributed by atoms with Crippen molar-refractivity contribution in [1.29, 1.82) is 0 Å². The Kier molecular flexibility index (Phi) is 6.86. The molecular formula is C28H33N3O3. The number of aromatic hydroxyl groups is 1. The summed E-state index contributed by atoms with van der Waals surface area (Å²) < 4.78 is 5.65. The average Bonchev–Trinajstić information content (AvgIpc) is 3.07. The summed E-state index contributed by atoms with van der Waals surface area (Å²) in [5.41, 5.74) is 1.93.